The number of hydrogen-bond donors (Lipinski definition) is 0. The molecule has 0 bridgehead atoms. The smallest absolute Gasteiger partial charge is 0.340 e. The molecule has 0 spiro atoms. The molecule has 11 heteroatoms. The van der Waals surface area contributed by atoms with Crippen LogP contribution in [0.15, 0.2) is 99.0 Å². The normalized spacial score (nSPS) is 14.6. The van der Waals surface area contributed by atoms with Crippen molar-refractivity contribution >= 4 is 56.9 Å². The number of halogens is 2. The van der Waals surface area contributed by atoms with Gasteiger partial charge in [0.05, 0.1) is 39.7 Å². The number of methoxy groups -OCH3 is 1. The maximum absolute atomic E-state index is 13.8. The summed E-state index contributed by atoms with van der Waals surface area (Å²) in [7, 11) is -2.73. The highest BCUT2D eigenvalue weighted by Gasteiger charge is 2.38. The van der Waals surface area contributed by atoms with Gasteiger partial charge in [-0.2, -0.15) is 4.31 Å². The lowest BCUT2D eigenvalue weighted by molar-refractivity contribution is -0.136. The first kappa shape index (κ1) is 33.2. The maximum atomic E-state index is 13.8. The topological polar surface area (TPSA) is 97.1 Å². The van der Waals surface area contributed by atoms with Gasteiger partial charge in [0.1, 0.15) is 11.5 Å². The van der Waals surface area contributed by atoms with Crippen LogP contribution in [0.5, 0.6) is 0 Å². The van der Waals surface area contributed by atoms with Crippen molar-refractivity contribution in [2.24, 2.45) is 0 Å². The van der Waals surface area contributed by atoms with Gasteiger partial charge in [-0.15, -0.1) is 0 Å². The number of benzene rings is 3. The largest absolute Gasteiger partial charge is 0.465 e. The zero-order chi connectivity index (χ0) is 33.3. The van der Waals surface area contributed by atoms with E-state index in [1.165, 1.54) is 22.4 Å². The fraction of sp³-hybridized carbons (Fsp3) is 0.200. The number of amides is 1. The molecule has 0 N–H and O–H groups in total. The summed E-state index contributed by atoms with van der Waals surface area (Å²) in [5.41, 5.74) is 4.89. The average molecular weight is 680 g/mol. The molecule has 0 fully saturated rings. The first-order valence-corrected chi connectivity index (χ1v) is 16.5. The Morgan fingerprint density at radius 2 is 1.61 bits per heavy atom. The van der Waals surface area contributed by atoms with Crippen LogP contribution in [0.1, 0.15) is 40.7 Å². The SMILES string of the molecule is COC(=O)C1=C(C)N(c2ccc(C)c(C)c2)C(=O)/C1=C/c1ccc(CN(Cc2ccc(Cl)c(Cl)c2)S(=O)(=O)c2ccc(C)cc2)o1. The summed E-state index contributed by atoms with van der Waals surface area (Å²) in [4.78, 5) is 28.2. The monoisotopic (exact) mass is 678 g/mol. The van der Waals surface area contributed by atoms with Crippen LogP contribution in [0.3, 0.4) is 0 Å². The van der Waals surface area contributed by atoms with Crippen molar-refractivity contribution in [1.29, 1.82) is 0 Å². The van der Waals surface area contributed by atoms with Gasteiger partial charge >= 0.3 is 5.97 Å². The van der Waals surface area contributed by atoms with E-state index in [0.717, 1.165) is 16.7 Å². The molecule has 0 saturated carbocycles. The van der Waals surface area contributed by atoms with Gasteiger partial charge in [0, 0.05) is 17.9 Å². The van der Waals surface area contributed by atoms with Crippen LogP contribution in [0.4, 0.5) is 5.69 Å². The lowest BCUT2D eigenvalue weighted by Crippen LogP contribution is -2.30. The Balaban J connectivity index is 1.50. The van der Waals surface area contributed by atoms with E-state index >= 15 is 0 Å². The van der Waals surface area contributed by atoms with E-state index in [1.807, 2.05) is 39.0 Å². The Morgan fingerprint density at radius 3 is 2.26 bits per heavy atom. The molecule has 5 rings (SSSR count). The molecule has 238 valence electrons. The number of furan rings is 1. The summed E-state index contributed by atoms with van der Waals surface area (Å²) in [6, 6.07) is 20.4. The zero-order valence-corrected chi connectivity index (χ0v) is 28.3. The third kappa shape index (κ3) is 6.69. The van der Waals surface area contributed by atoms with Crippen LogP contribution in [0.25, 0.3) is 6.08 Å². The molecule has 1 aliphatic heterocycles. The Bertz CT molecular complexity index is 2010. The molecule has 3 aromatic carbocycles. The van der Waals surface area contributed by atoms with Crippen LogP contribution in [0, 0.1) is 20.8 Å². The van der Waals surface area contributed by atoms with Crippen molar-refractivity contribution in [3.63, 3.8) is 0 Å². The molecule has 1 aromatic heterocycles. The summed E-state index contributed by atoms with van der Waals surface area (Å²) in [6.07, 6.45) is 1.47. The van der Waals surface area contributed by atoms with E-state index in [9.17, 15) is 18.0 Å². The average Bonchev–Trinajstić information content (AvgIpc) is 3.56. The Kier molecular flexibility index (Phi) is 9.60. The van der Waals surface area contributed by atoms with Crippen LogP contribution in [-0.2, 0) is 37.4 Å². The minimum atomic E-state index is -3.98. The van der Waals surface area contributed by atoms with Gasteiger partial charge in [0.25, 0.3) is 5.91 Å². The van der Waals surface area contributed by atoms with Crippen LogP contribution in [0.2, 0.25) is 10.0 Å². The number of carbonyl (C=O) groups excluding carboxylic acids is 2. The van der Waals surface area contributed by atoms with Crippen molar-refractivity contribution in [2.45, 2.75) is 45.7 Å². The Morgan fingerprint density at radius 1 is 0.891 bits per heavy atom. The van der Waals surface area contributed by atoms with Crippen LogP contribution >= 0.6 is 23.2 Å². The van der Waals surface area contributed by atoms with Gasteiger partial charge in [-0.25, -0.2) is 13.2 Å². The minimum Gasteiger partial charge on any atom is -0.465 e. The number of hydrogen-bond acceptors (Lipinski definition) is 6. The number of esters is 1. The quantitative estimate of drug-likeness (QED) is 0.132. The Hall–Kier alpha value is -4.15. The second-order valence-corrected chi connectivity index (χ2v) is 13.8. The third-order valence-corrected chi connectivity index (χ3v) is 10.4. The summed E-state index contributed by atoms with van der Waals surface area (Å²) >= 11 is 12.3. The molecule has 8 nitrogen and oxygen atoms in total. The molecule has 0 atom stereocenters. The highest BCUT2D eigenvalue weighted by Crippen LogP contribution is 2.36. The molecular weight excluding hydrogens is 647 g/mol. The molecule has 4 aromatic rings. The van der Waals surface area contributed by atoms with Crippen molar-refractivity contribution < 1.29 is 27.2 Å². The second-order valence-electron chi connectivity index (χ2n) is 11.1. The molecule has 1 amide bonds. The van der Waals surface area contributed by atoms with E-state index < -0.39 is 21.9 Å². The number of carbonyl (C=O) groups is 2. The van der Waals surface area contributed by atoms with Crippen molar-refractivity contribution in [3.8, 4) is 0 Å². The van der Waals surface area contributed by atoms with E-state index in [2.05, 4.69) is 0 Å². The summed E-state index contributed by atoms with van der Waals surface area (Å²) in [6.45, 7) is 7.35. The van der Waals surface area contributed by atoms with Gasteiger partial charge in [0.2, 0.25) is 10.0 Å². The molecule has 0 radical (unpaired) electrons. The number of anilines is 1. The first-order chi connectivity index (χ1) is 21.8. The fourth-order valence-corrected chi connectivity index (χ4v) is 6.87. The maximum Gasteiger partial charge on any atom is 0.340 e. The first-order valence-electron chi connectivity index (χ1n) is 14.3. The van der Waals surface area contributed by atoms with Crippen LogP contribution in [-0.4, -0.2) is 31.7 Å². The number of sulfonamides is 1. The number of aryl methyl sites for hydroxylation is 3. The number of allylic oxidation sites excluding steroid dienone is 1. The molecule has 46 heavy (non-hydrogen) atoms. The lowest BCUT2D eigenvalue weighted by Gasteiger charge is -2.22. The predicted octanol–water partition coefficient (Wildman–Crippen LogP) is 7.78. The third-order valence-electron chi connectivity index (χ3n) is 7.84. The summed E-state index contributed by atoms with van der Waals surface area (Å²) < 4.78 is 40.0. The lowest BCUT2D eigenvalue weighted by atomic mass is 10.1. The van der Waals surface area contributed by atoms with Gasteiger partial charge in [-0.1, -0.05) is 53.0 Å². The van der Waals surface area contributed by atoms with E-state index in [4.69, 9.17) is 32.4 Å². The molecule has 2 heterocycles. The molecule has 0 aliphatic carbocycles. The van der Waals surface area contributed by atoms with Gasteiger partial charge in [0.15, 0.2) is 0 Å². The molecule has 1 aliphatic rings. The van der Waals surface area contributed by atoms with Gasteiger partial charge in [-0.3, -0.25) is 9.69 Å². The molecule has 0 saturated heterocycles. The van der Waals surface area contributed by atoms with Crippen LogP contribution < -0.4 is 4.90 Å². The molecular formula is C35H32Cl2N2O6S. The molecule has 0 unspecified atom stereocenters. The Labute approximate surface area is 278 Å². The predicted molar refractivity (Wildman–Crippen MR) is 179 cm³/mol. The zero-order valence-electron chi connectivity index (χ0n) is 25.9. The summed E-state index contributed by atoms with van der Waals surface area (Å²) in [5, 5.41) is 0.662. The standard InChI is InChI=1S/C35H32Cl2N2O6S/c1-21-6-13-29(14-7-21)46(42,43)38(19-25-9-15-31(36)32(37)17-25)20-28-12-11-27(45-28)18-30-33(35(41)44-5)24(4)39(34(30)40)26-10-8-22(2)23(3)16-26/h6-18H,19-20H2,1-5H3/b30-18+. The van der Waals surface area contributed by atoms with Crippen molar-refractivity contribution in [1.82, 2.24) is 4.31 Å². The van der Waals surface area contributed by atoms with Gasteiger partial charge in [-0.05, 0) is 99.0 Å². The fourth-order valence-electron chi connectivity index (χ4n) is 5.16. The minimum absolute atomic E-state index is 0.0119. The highest BCUT2D eigenvalue weighted by molar-refractivity contribution is 7.89. The number of nitrogens with zero attached hydrogens (tertiary/aromatic N) is 2. The van der Waals surface area contributed by atoms with Crippen molar-refractivity contribution in [3.05, 3.63) is 133 Å². The van der Waals surface area contributed by atoms with E-state index in [1.54, 1.807) is 61.5 Å². The second kappa shape index (κ2) is 13.3. The summed E-state index contributed by atoms with van der Waals surface area (Å²) in [5.74, 6) is -0.495. The number of rotatable bonds is 9. The number of ether oxygens (including phenoxy) is 1. The van der Waals surface area contributed by atoms with E-state index in [-0.39, 0.29) is 34.9 Å². The van der Waals surface area contributed by atoms with E-state index in [0.29, 0.717) is 32.8 Å². The van der Waals surface area contributed by atoms with Gasteiger partial charge < -0.3 is 9.15 Å². The highest BCUT2D eigenvalue weighted by atomic mass is 35.5. The van der Waals surface area contributed by atoms with Crippen molar-refractivity contribution in [2.75, 3.05) is 12.0 Å².